The number of nitrogens with one attached hydrogen (secondary N) is 1. The first-order chi connectivity index (χ1) is 13.2. The van der Waals surface area contributed by atoms with Crippen LogP contribution in [0.15, 0.2) is 57.5 Å². The number of oxazole rings is 1. The number of hydrogen-bond donors (Lipinski definition) is 1. The van der Waals surface area contributed by atoms with Gasteiger partial charge < -0.3 is 14.3 Å². The summed E-state index contributed by atoms with van der Waals surface area (Å²) in [6.07, 6.45) is 1.12. The first-order valence-corrected chi connectivity index (χ1v) is 8.68. The molecule has 1 amide bonds. The van der Waals surface area contributed by atoms with Gasteiger partial charge in [-0.1, -0.05) is 35.5 Å². The summed E-state index contributed by atoms with van der Waals surface area (Å²) < 4.78 is 10.7. The van der Waals surface area contributed by atoms with E-state index in [1.165, 1.54) is 0 Å². The summed E-state index contributed by atoms with van der Waals surface area (Å²) in [6.45, 7) is 2.15. The fourth-order valence-corrected chi connectivity index (χ4v) is 2.80. The van der Waals surface area contributed by atoms with Crippen LogP contribution in [0.3, 0.4) is 0 Å². The maximum atomic E-state index is 12.3. The lowest BCUT2D eigenvalue weighted by Gasteiger charge is -2.03. The number of aromatic nitrogens is 3. The summed E-state index contributed by atoms with van der Waals surface area (Å²) in [6, 6.07) is 15.2. The van der Waals surface area contributed by atoms with Gasteiger partial charge >= 0.3 is 0 Å². The number of fused-ring (bicyclic) bond motifs is 1. The van der Waals surface area contributed by atoms with Crippen LogP contribution in [-0.2, 0) is 12.8 Å². The van der Waals surface area contributed by atoms with Crippen LogP contribution in [0.1, 0.15) is 33.5 Å². The van der Waals surface area contributed by atoms with Crippen LogP contribution in [-0.4, -0.2) is 27.6 Å². The molecule has 0 aliphatic rings. The van der Waals surface area contributed by atoms with Crippen molar-refractivity contribution in [2.45, 2.75) is 19.8 Å². The molecule has 0 fully saturated rings. The van der Waals surface area contributed by atoms with Crippen LogP contribution in [0.4, 0.5) is 0 Å². The quantitative estimate of drug-likeness (QED) is 0.566. The Hall–Kier alpha value is -3.48. The Bertz CT molecular complexity index is 1070. The molecule has 27 heavy (non-hydrogen) atoms. The molecule has 2 aromatic heterocycles. The largest absolute Gasteiger partial charge is 0.440 e. The predicted octanol–water partition coefficient (Wildman–Crippen LogP) is 3.08. The smallest absolute Gasteiger partial charge is 0.251 e. The SMILES string of the molecule is Cc1nc(CCNC(=O)c2ccc3oc(Cc4ccccc4)nc3c2)no1. The number of rotatable bonds is 6. The summed E-state index contributed by atoms with van der Waals surface area (Å²) in [7, 11) is 0. The Morgan fingerprint density at radius 1 is 1.11 bits per heavy atom. The minimum absolute atomic E-state index is 0.176. The average Bonchev–Trinajstić information content (AvgIpc) is 3.27. The third-order valence-electron chi connectivity index (χ3n) is 4.10. The van der Waals surface area contributed by atoms with Gasteiger partial charge in [0, 0.05) is 31.9 Å². The zero-order valence-corrected chi connectivity index (χ0v) is 14.8. The van der Waals surface area contributed by atoms with Gasteiger partial charge in [-0.05, 0) is 23.8 Å². The minimum Gasteiger partial charge on any atom is -0.440 e. The van der Waals surface area contributed by atoms with Gasteiger partial charge in [-0.3, -0.25) is 4.79 Å². The van der Waals surface area contributed by atoms with Gasteiger partial charge in [0.1, 0.15) is 5.52 Å². The molecule has 1 N–H and O–H groups in total. The molecule has 0 radical (unpaired) electrons. The molecule has 0 atom stereocenters. The molecule has 7 nitrogen and oxygen atoms in total. The van der Waals surface area contributed by atoms with Gasteiger partial charge in [-0.15, -0.1) is 0 Å². The fraction of sp³-hybridized carbons (Fsp3) is 0.200. The number of hydrogen-bond acceptors (Lipinski definition) is 6. The second-order valence-electron chi connectivity index (χ2n) is 6.19. The highest BCUT2D eigenvalue weighted by molar-refractivity contribution is 5.97. The maximum Gasteiger partial charge on any atom is 0.251 e. The third kappa shape index (κ3) is 4.03. The Labute approximate surface area is 155 Å². The zero-order chi connectivity index (χ0) is 18.6. The van der Waals surface area contributed by atoms with Crippen LogP contribution in [0.2, 0.25) is 0 Å². The lowest BCUT2D eigenvalue weighted by atomic mass is 10.1. The van der Waals surface area contributed by atoms with E-state index in [1.807, 2.05) is 30.3 Å². The van der Waals surface area contributed by atoms with Crippen molar-refractivity contribution in [3.8, 4) is 0 Å². The monoisotopic (exact) mass is 362 g/mol. The molecule has 4 rings (SSSR count). The zero-order valence-electron chi connectivity index (χ0n) is 14.8. The molecule has 0 aliphatic heterocycles. The Kier molecular flexibility index (Phi) is 4.65. The van der Waals surface area contributed by atoms with Crippen molar-refractivity contribution >= 4 is 17.0 Å². The number of benzene rings is 2. The van der Waals surface area contributed by atoms with E-state index in [2.05, 4.69) is 20.4 Å². The summed E-state index contributed by atoms with van der Waals surface area (Å²) in [5, 5.41) is 6.65. The van der Waals surface area contributed by atoms with E-state index < -0.39 is 0 Å². The van der Waals surface area contributed by atoms with Crippen molar-refractivity contribution in [3.05, 3.63) is 77.3 Å². The third-order valence-corrected chi connectivity index (χ3v) is 4.10. The molecule has 2 heterocycles. The van der Waals surface area contributed by atoms with Crippen molar-refractivity contribution in [2.75, 3.05) is 6.54 Å². The van der Waals surface area contributed by atoms with Crippen molar-refractivity contribution < 1.29 is 13.7 Å². The van der Waals surface area contributed by atoms with Crippen molar-refractivity contribution in [2.24, 2.45) is 0 Å². The lowest BCUT2D eigenvalue weighted by molar-refractivity contribution is 0.0954. The number of carbonyl (C=O) groups is 1. The molecule has 0 saturated heterocycles. The van der Waals surface area contributed by atoms with E-state index in [9.17, 15) is 4.79 Å². The van der Waals surface area contributed by atoms with Gasteiger partial charge in [-0.25, -0.2) is 4.98 Å². The second kappa shape index (κ2) is 7.41. The van der Waals surface area contributed by atoms with Gasteiger partial charge in [0.2, 0.25) is 5.89 Å². The summed E-state index contributed by atoms with van der Waals surface area (Å²) >= 11 is 0. The van der Waals surface area contributed by atoms with Gasteiger partial charge in [0.15, 0.2) is 17.3 Å². The molecule has 4 aromatic rings. The molecule has 0 bridgehead atoms. The first-order valence-electron chi connectivity index (χ1n) is 8.68. The van der Waals surface area contributed by atoms with Gasteiger partial charge in [-0.2, -0.15) is 4.98 Å². The average molecular weight is 362 g/mol. The van der Waals surface area contributed by atoms with E-state index in [4.69, 9.17) is 8.94 Å². The number of carbonyl (C=O) groups excluding carboxylic acids is 1. The second-order valence-corrected chi connectivity index (χ2v) is 6.19. The highest BCUT2D eigenvalue weighted by Gasteiger charge is 2.11. The molecule has 0 spiro atoms. The van der Waals surface area contributed by atoms with E-state index in [-0.39, 0.29) is 5.91 Å². The Balaban J connectivity index is 1.42. The van der Waals surface area contributed by atoms with Crippen molar-refractivity contribution in [1.29, 1.82) is 0 Å². The lowest BCUT2D eigenvalue weighted by Crippen LogP contribution is -2.25. The van der Waals surface area contributed by atoms with Crippen LogP contribution < -0.4 is 5.32 Å². The van der Waals surface area contributed by atoms with Crippen molar-refractivity contribution in [3.63, 3.8) is 0 Å². The standard InChI is InChI=1S/C20H18N4O3/c1-13-22-18(24-27-13)9-10-21-20(25)15-7-8-17-16(12-15)23-19(26-17)11-14-5-3-2-4-6-14/h2-8,12H,9-11H2,1H3,(H,21,25). The van der Waals surface area contributed by atoms with Crippen LogP contribution in [0, 0.1) is 6.92 Å². The summed E-state index contributed by atoms with van der Waals surface area (Å²) in [5.41, 5.74) is 2.99. The maximum absolute atomic E-state index is 12.3. The number of amides is 1. The van der Waals surface area contributed by atoms with E-state index in [0.717, 1.165) is 5.56 Å². The fourth-order valence-electron chi connectivity index (χ4n) is 2.80. The van der Waals surface area contributed by atoms with Gasteiger partial charge in [0.25, 0.3) is 5.91 Å². The topological polar surface area (TPSA) is 94.1 Å². The Morgan fingerprint density at radius 2 is 1.96 bits per heavy atom. The molecule has 0 aliphatic carbocycles. The molecule has 136 valence electrons. The molecule has 0 saturated carbocycles. The number of nitrogens with zero attached hydrogens (tertiary/aromatic N) is 3. The van der Waals surface area contributed by atoms with Crippen LogP contribution in [0.5, 0.6) is 0 Å². The van der Waals surface area contributed by atoms with E-state index in [0.29, 0.717) is 53.7 Å². The molecule has 0 unspecified atom stereocenters. The molecular weight excluding hydrogens is 344 g/mol. The van der Waals surface area contributed by atoms with E-state index in [1.54, 1.807) is 25.1 Å². The highest BCUT2D eigenvalue weighted by atomic mass is 16.5. The first kappa shape index (κ1) is 17.0. The van der Waals surface area contributed by atoms with Crippen LogP contribution in [0.25, 0.3) is 11.1 Å². The summed E-state index contributed by atoms with van der Waals surface area (Å²) in [4.78, 5) is 21.0. The number of aryl methyl sites for hydroxylation is 1. The normalized spacial score (nSPS) is 11.0. The minimum atomic E-state index is -0.176. The van der Waals surface area contributed by atoms with E-state index >= 15 is 0 Å². The molecule has 7 heteroatoms. The predicted molar refractivity (Wildman–Crippen MR) is 98.3 cm³/mol. The van der Waals surface area contributed by atoms with Gasteiger partial charge in [0.05, 0.1) is 0 Å². The summed E-state index contributed by atoms with van der Waals surface area (Å²) in [5.74, 6) is 1.54. The molecular formula is C20H18N4O3. The van der Waals surface area contributed by atoms with Crippen LogP contribution >= 0.6 is 0 Å². The van der Waals surface area contributed by atoms with Crippen molar-refractivity contribution in [1.82, 2.24) is 20.4 Å². The molecule has 2 aromatic carbocycles. The highest BCUT2D eigenvalue weighted by Crippen LogP contribution is 2.19. The Morgan fingerprint density at radius 3 is 2.74 bits per heavy atom.